The van der Waals surface area contributed by atoms with Crippen LogP contribution in [0.2, 0.25) is 0 Å². The van der Waals surface area contributed by atoms with Crippen LogP contribution in [0.15, 0.2) is 23.0 Å². The van der Waals surface area contributed by atoms with Crippen LogP contribution < -0.4 is 10.6 Å². The van der Waals surface area contributed by atoms with Gasteiger partial charge in [-0.3, -0.25) is 4.79 Å². The van der Waals surface area contributed by atoms with Crippen molar-refractivity contribution in [2.75, 3.05) is 6.54 Å². The highest BCUT2D eigenvalue weighted by Crippen LogP contribution is 2.18. The van der Waals surface area contributed by atoms with Crippen LogP contribution in [0.25, 0.3) is 0 Å². The van der Waals surface area contributed by atoms with Gasteiger partial charge in [0.05, 0.1) is 12.5 Å². The van der Waals surface area contributed by atoms with Crippen molar-refractivity contribution in [3.05, 3.63) is 24.2 Å². The molecule has 4 nitrogen and oxygen atoms in total. The third-order valence-electron chi connectivity index (χ3n) is 2.43. The molecule has 0 aromatic carbocycles. The molecule has 0 aliphatic heterocycles. The molecule has 1 aromatic heterocycles. The molecular weight excluding hydrogens is 192 g/mol. The molecule has 1 saturated carbocycles. The molecule has 1 heterocycles. The zero-order chi connectivity index (χ0) is 10.5. The third-order valence-corrected chi connectivity index (χ3v) is 2.43. The molecule has 1 fully saturated rings. The Morgan fingerprint density at radius 2 is 2.40 bits per heavy atom. The lowest BCUT2D eigenvalue weighted by Gasteiger charge is -2.04. The summed E-state index contributed by atoms with van der Waals surface area (Å²) in [5.74, 6) is 0.0874. The highest BCUT2D eigenvalue weighted by Gasteiger charge is 2.19. The van der Waals surface area contributed by atoms with E-state index in [0.29, 0.717) is 19.0 Å². The SMILES string of the molecule is O=C(CCNC1CC1)NCc1ccoc1. The molecule has 1 aliphatic carbocycles. The van der Waals surface area contributed by atoms with Crippen molar-refractivity contribution < 1.29 is 9.21 Å². The Bertz CT molecular complexity index is 304. The Hall–Kier alpha value is -1.29. The highest BCUT2D eigenvalue weighted by atomic mass is 16.3. The molecule has 0 atom stereocenters. The smallest absolute Gasteiger partial charge is 0.221 e. The molecule has 4 heteroatoms. The fraction of sp³-hybridized carbons (Fsp3) is 0.545. The molecule has 0 radical (unpaired) electrons. The number of rotatable bonds is 6. The van der Waals surface area contributed by atoms with Gasteiger partial charge in [0, 0.05) is 31.1 Å². The molecule has 2 rings (SSSR count). The van der Waals surface area contributed by atoms with Crippen LogP contribution in [-0.4, -0.2) is 18.5 Å². The van der Waals surface area contributed by atoms with E-state index in [2.05, 4.69) is 10.6 Å². The van der Waals surface area contributed by atoms with Crippen molar-refractivity contribution in [1.82, 2.24) is 10.6 Å². The predicted octanol–water partition coefficient (Wildman–Crippen LogP) is 1.04. The van der Waals surface area contributed by atoms with Crippen LogP contribution in [0.5, 0.6) is 0 Å². The van der Waals surface area contributed by atoms with E-state index in [1.54, 1.807) is 12.5 Å². The van der Waals surface area contributed by atoms with Gasteiger partial charge in [-0.2, -0.15) is 0 Å². The minimum atomic E-state index is 0.0874. The number of furan rings is 1. The summed E-state index contributed by atoms with van der Waals surface area (Å²) in [6.45, 7) is 1.33. The first-order chi connectivity index (χ1) is 7.34. The quantitative estimate of drug-likeness (QED) is 0.734. The summed E-state index contributed by atoms with van der Waals surface area (Å²) < 4.78 is 4.90. The average Bonchev–Trinajstić information content (AvgIpc) is 2.91. The highest BCUT2D eigenvalue weighted by molar-refractivity contribution is 5.76. The van der Waals surface area contributed by atoms with E-state index in [9.17, 15) is 4.79 Å². The molecule has 0 spiro atoms. The van der Waals surface area contributed by atoms with E-state index in [-0.39, 0.29) is 5.91 Å². The van der Waals surface area contributed by atoms with Gasteiger partial charge < -0.3 is 15.1 Å². The van der Waals surface area contributed by atoms with Crippen LogP contribution >= 0.6 is 0 Å². The second-order valence-corrected chi connectivity index (χ2v) is 3.89. The molecular formula is C11H16N2O2. The summed E-state index contributed by atoms with van der Waals surface area (Å²) in [6.07, 6.45) is 6.32. The topological polar surface area (TPSA) is 54.3 Å². The lowest BCUT2D eigenvalue weighted by atomic mass is 10.3. The van der Waals surface area contributed by atoms with E-state index in [4.69, 9.17) is 4.42 Å². The van der Waals surface area contributed by atoms with Crippen molar-refractivity contribution in [2.24, 2.45) is 0 Å². The van der Waals surface area contributed by atoms with Gasteiger partial charge in [-0.1, -0.05) is 0 Å². The Balaban J connectivity index is 1.55. The Labute approximate surface area is 89.0 Å². The van der Waals surface area contributed by atoms with Crippen molar-refractivity contribution >= 4 is 5.91 Å². The third kappa shape index (κ3) is 3.75. The monoisotopic (exact) mass is 208 g/mol. The lowest BCUT2D eigenvalue weighted by molar-refractivity contribution is -0.121. The van der Waals surface area contributed by atoms with Crippen LogP contribution in [0.3, 0.4) is 0 Å². The zero-order valence-electron chi connectivity index (χ0n) is 8.66. The minimum absolute atomic E-state index is 0.0874. The van der Waals surface area contributed by atoms with E-state index >= 15 is 0 Å². The van der Waals surface area contributed by atoms with E-state index in [0.717, 1.165) is 12.1 Å². The summed E-state index contributed by atoms with van der Waals surface area (Å²) in [5, 5.41) is 6.14. The van der Waals surface area contributed by atoms with Crippen molar-refractivity contribution in [3.63, 3.8) is 0 Å². The maximum Gasteiger partial charge on any atom is 0.221 e. The Kier molecular flexibility index (Phi) is 3.40. The van der Waals surface area contributed by atoms with Gasteiger partial charge in [0.1, 0.15) is 0 Å². The van der Waals surface area contributed by atoms with Gasteiger partial charge in [0.2, 0.25) is 5.91 Å². The number of hydrogen-bond donors (Lipinski definition) is 2. The lowest BCUT2D eigenvalue weighted by Crippen LogP contribution is -2.27. The molecule has 1 aliphatic rings. The largest absolute Gasteiger partial charge is 0.472 e. The van der Waals surface area contributed by atoms with E-state index < -0.39 is 0 Å². The van der Waals surface area contributed by atoms with Crippen LogP contribution in [-0.2, 0) is 11.3 Å². The van der Waals surface area contributed by atoms with Crippen LogP contribution in [0.4, 0.5) is 0 Å². The Morgan fingerprint density at radius 3 is 3.07 bits per heavy atom. The zero-order valence-corrected chi connectivity index (χ0v) is 8.66. The molecule has 2 N–H and O–H groups in total. The standard InChI is InChI=1S/C11H16N2O2/c14-11(3-5-12-10-1-2-10)13-7-9-4-6-15-8-9/h4,6,8,10,12H,1-3,5,7H2,(H,13,14). The van der Waals surface area contributed by atoms with Gasteiger partial charge in [-0.05, 0) is 18.9 Å². The summed E-state index contributed by atoms with van der Waals surface area (Å²) in [4.78, 5) is 11.4. The van der Waals surface area contributed by atoms with Gasteiger partial charge in [-0.25, -0.2) is 0 Å². The maximum absolute atomic E-state index is 11.4. The second-order valence-electron chi connectivity index (χ2n) is 3.89. The van der Waals surface area contributed by atoms with Gasteiger partial charge >= 0.3 is 0 Å². The second kappa shape index (κ2) is 4.98. The summed E-state index contributed by atoms with van der Waals surface area (Å²) >= 11 is 0. The fourth-order valence-electron chi connectivity index (χ4n) is 1.36. The number of hydrogen-bond acceptors (Lipinski definition) is 3. The first-order valence-corrected chi connectivity index (χ1v) is 5.36. The fourth-order valence-corrected chi connectivity index (χ4v) is 1.36. The molecule has 1 amide bonds. The van der Waals surface area contributed by atoms with Crippen LogP contribution in [0, 0.1) is 0 Å². The molecule has 1 aromatic rings. The first kappa shape index (κ1) is 10.2. The number of carbonyl (C=O) groups excluding carboxylic acids is 1. The number of amides is 1. The molecule has 0 saturated heterocycles. The predicted molar refractivity (Wildman–Crippen MR) is 56.2 cm³/mol. The maximum atomic E-state index is 11.4. The molecule has 15 heavy (non-hydrogen) atoms. The summed E-state index contributed by atoms with van der Waals surface area (Å²) in [5.41, 5.74) is 0.999. The van der Waals surface area contributed by atoms with E-state index in [1.165, 1.54) is 12.8 Å². The van der Waals surface area contributed by atoms with Gasteiger partial charge in [0.15, 0.2) is 0 Å². The van der Waals surface area contributed by atoms with E-state index in [1.807, 2.05) is 6.07 Å². The first-order valence-electron chi connectivity index (χ1n) is 5.36. The summed E-state index contributed by atoms with van der Waals surface area (Å²) in [6, 6.07) is 2.52. The van der Waals surface area contributed by atoms with Gasteiger partial charge in [-0.15, -0.1) is 0 Å². The Morgan fingerprint density at radius 1 is 1.53 bits per heavy atom. The normalized spacial score (nSPS) is 15.2. The summed E-state index contributed by atoms with van der Waals surface area (Å²) in [7, 11) is 0. The average molecular weight is 208 g/mol. The van der Waals surface area contributed by atoms with Crippen molar-refractivity contribution in [1.29, 1.82) is 0 Å². The molecule has 0 bridgehead atoms. The molecule has 82 valence electrons. The van der Waals surface area contributed by atoms with Gasteiger partial charge in [0.25, 0.3) is 0 Å². The number of nitrogens with one attached hydrogen (secondary N) is 2. The number of carbonyl (C=O) groups is 1. The molecule has 0 unspecified atom stereocenters. The van der Waals surface area contributed by atoms with Crippen molar-refractivity contribution in [3.8, 4) is 0 Å². The minimum Gasteiger partial charge on any atom is -0.472 e. The van der Waals surface area contributed by atoms with Crippen molar-refractivity contribution in [2.45, 2.75) is 31.8 Å². The van der Waals surface area contributed by atoms with Crippen LogP contribution in [0.1, 0.15) is 24.8 Å².